The highest BCUT2D eigenvalue weighted by Gasteiger charge is 1.89. The topological polar surface area (TPSA) is 50.1 Å². The minimum atomic E-state index is 0.358. The minimum Gasteiger partial charge on any atom is -0.357 e. The number of nitrogens with two attached hydrogens (primary N) is 1. The van der Waals surface area contributed by atoms with Crippen LogP contribution in [0.3, 0.4) is 0 Å². The fourth-order valence-corrected chi connectivity index (χ4v) is 0.366. The second-order valence-corrected chi connectivity index (χ2v) is 2.29. The number of hydrogen-bond donors (Lipinski definition) is 3. The van der Waals surface area contributed by atoms with Gasteiger partial charge in [-0.15, -0.1) is 0 Å². The van der Waals surface area contributed by atoms with Crippen molar-refractivity contribution in [2.24, 2.45) is 5.84 Å². The molecule has 0 heterocycles. The van der Waals surface area contributed by atoms with Crippen LogP contribution in [0.4, 0.5) is 0 Å². The van der Waals surface area contributed by atoms with Gasteiger partial charge < -0.3 is 10.7 Å². The minimum absolute atomic E-state index is 0.358. The molecular weight excluding hydrogens is 158 g/mol. The molecule has 0 fully saturated rings. The summed E-state index contributed by atoms with van der Waals surface area (Å²) in [5, 5.41) is 3.55. The first-order valence-electron chi connectivity index (χ1n) is 2.24. The van der Waals surface area contributed by atoms with Crippen LogP contribution in [0.2, 0.25) is 0 Å². The van der Waals surface area contributed by atoms with Crippen LogP contribution in [-0.2, 0) is 0 Å². The zero-order valence-corrected chi connectivity index (χ0v) is 6.35. The van der Waals surface area contributed by atoms with Crippen LogP contribution in [0.5, 0.6) is 0 Å². The summed E-state index contributed by atoms with van der Waals surface area (Å²) >= 11 is 10.0. The summed E-state index contributed by atoms with van der Waals surface area (Å²) in [6.07, 6.45) is 0. The van der Waals surface area contributed by atoms with Gasteiger partial charge in [-0.05, 0) is 12.2 Å². The van der Waals surface area contributed by atoms with Crippen molar-refractivity contribution in [3.8, 4) is 0 Å². The van der Waals surface area contributed by atoms with Gasteiger partial charge in [0.2, 0.25) is 0 Å². The monoisotopic (exact) mass is 165 g/mol. The molecule has 0 aromatic carbocycles. The molecule has 0 atom stereocenters. The number of halogens is 1. The average molecular weight is 166 g/mol. The van der Waals surface area contributed by atoms with Gasteiger partial charge in [0.25, 0.3) is 0 Å². The van der Waals surface area contributed by atoms with E-state index in [0.29, 0.717) is 16.7 Å². The molecule has 0 saturated carbocycles. The van der Waals surface area contributed by atoms with Crippen LogP contribution in [0, 0.1) is 0 Å². The van der Waals surface area contributed by atoms with Gasteiger partial charge in [0.05, 0.1) is 6.54 Å². The second-order valence-electron chi connectivity index (χ2n) is 1.34. The summed E-state index contributed by atoms with van der Waals surface area (Å²) in [5.74, 6) is 4.93. The van der Waals surface area contributed by atoms with Crippen LogP contribution >= 0.6 is 23.8 Å². The Morgan fingerprint density at radius 3 is 2.67 bits per heavy atom. The third kappa shape index (κ3) is 5.55. The first-order valence-corrected chi connectivity index (χ1v) is 3.03. The van der Waals surface area contributed by atoms with Gasteiger partial charge in [-0.25, -0.2) is 5.84 Å². The molecule has 0 amide bonds. The predicted molar refractivity (Wildman–Crippen MR) is 42.9 cm³/mol. The van der Waals surface area contributed by atoms with Crippen LogP contribution in [0.25, 0.3) is 0 Å². The molecule has 0 aliphatic rings. The van der Waals surface area contributed by atoms with Gasteiger partial charge in [-0.1, -0.05) is 18.2 Å². The van der Waals surface area contributed by atoms with Gasteiger partial charge in [-0.3, -0.25) is 0 Å². The van der Waals surface area contributed by atoms with Crippen molar-refractivity contribution in [1.29, 1.82) is 0 Å². The summed E-state index contributed by atoms with van der Waals surface area (Å²) in [6.45, 7) is 3.87. The van der Waals surface area contributed by atoms with E-state index in [1.54, 1.807) is 0 Å². The van der Waals surface area contributed by atoms with Crippen molar-refractivity contribution < 1.29 is 0 Å². The fraction of sp³-hybridized carbons (Fsp3) is 0.250. The molecule has 0 bridgehead atoms. The number of rotatable bonds is 2. The Bertz CT molecular complexity index is 125. The largest absolute Gasteiger partial charge is 0.357 e. The molecular formula is C4H8ClN3S. The van der Waals surface area contributed by atoms with Crippen LogP contribution in [0.15, 0.2) is 11.6 Å². The Morgan fingerprint density at radius 2 is 2.33 bits per heavy atom. The molecule has 5 heteroatoms. The van der Waals surface area contributed by atoms with Gasteiger partial charge in [0.15, 0.2) is 5.11 Å². The summed E-state index contributed by atoms with van der Waals surface area (Å²) < 4.78 is 0. The number of nitrogens with one attached hydrogen (secondary N) is 2. The maximum Gasteiger partial charge on any atom is 0.180 e. The standard InChI is InChI=1S/C4H8ClN3S/c1-3(5)2-7-4(9)8-6/h1-2,6H2,(H2,7,8,9). The molecule has 0 radical (unpaired) electrons. The molecule has 52 valence electrons. The molecule has 0 aliphatic heterocycles. The quantitative estimate of drug-likeness (QED) is 0.308. The molecule has 0 aliphatic carbocycles. The molecule has 3 nitrogen and oxygen atoms in total. The first-order chi connectivity index (χ1) is 4.16. The zero-order chi connectivity index (χ0) is 7.28. The summed E-state index contributed by atoms with van der Waals surface area (Å²) in [4.78, 5) is 0. The third-order valence-electron chi connectivity index (χ3n) is 0.572. The smallest absolute Gasteiger partial charge is 0.180 e. The number of hydrazine groups is 1. The molecule has 0 aromatic rings. The van der Waals surface area contributed by atoms with E-state index in [-0.39, 0.29) is 0 Å². The average Bonchev–Trinajstić information content (AvgIpc) is 1.83. The van der Waals surface area contributed by atoms with E-state index in [1.165, 1.54) is 0 Å². The van der Waals surface area contributed by atoms with E-state index >= 15 is 0 Å². The van der Waals surface area contributed by atoms with E-state index in [2.05, 4.69) is 29.5 Å². The Kier molecular flexibility index (Phi) is 4.39. The fourth-order valence-electron chi connectivity index (χ4n) is 0.227. The summed E-state index contributed by atoms with van der Waals surface area (Å²) in [6, 6.07) is 0. The lowest BCUT2D eigenvalue weighted by Gasteiger charge is -2.03. The maximum atomic E-state index is 5.39. The lowest BCUT2D eigenvalue weighted by atomic mass is 10.6. The SMILES string of the molecule is C=C(Cl)CNC(=S)NN. The van der Waals surface area contributed by atoms with E-state index in [9.17, 15) is 0 Å². The normalized spacial score (nSPS) is 8.22. The van der Waals surface area contributed by atoms with Crippen LogP contribution in [-0.4, -0.2) is 11.7 Å². The third-order valence-corrected chi connectivity index (χ3v) is 0.968. The molecule has 0 spiro atoms. The van der Waals surface area contributed by atoms with Gasteiger partial charge >= 0.3 is 0 Å². The van der Waals surface area contributed by atoms with E-state index in [0.717, 1.165) is 0 Å². The predicted octanol–water partition coefficient (Wildman–Crippen LogP) is 0.0767. The molecule has 0 aromatic heterocycles. The molecule has 0 rings (SSSR count). The molecule has 0 unspecified atom stereocenters. The van der Waals surface area contributed by atoms with Crippen molar-refractivity contribution >= 4 is 28.9 Å². The molecule has 4 N–H and O–H groups in total. The highest BCUT2D eigenvalue weighted by Crippen LogP contribution is 1.91. The van der Waals surface area contributed by atoms with Gasteiger partial charge in [-0.2, -0.15) is 0 Å². The van der Waals surface area contributed by atoms with Crippen LogP contribution < -0.4 is 16.6 Å². The number of hydrogen-bond acceptors (Lipinski definition) is 2. The molecule has 0 saturated heterocycles. The Balaban J connectivity index is 3.28. The summed E-state index contributed by atoms with van der Waals surface area (Å²) in [5.41, 5.74) is 2.24. The zero-order valence-electron chi connectivity index (χ0n) is 4.78. The second kappa shape index (κ2) is 4.55. The highest BCUT2D eigenvalue weighted by molar-refractivity contribution is 7.80. The first kappa shape index (κ1) is 8.68. The highest BCUT2D eigenvalue weighted by atomic mass is 35.5. The van der Waals surface area contributed by atoms with Crippen molar-refractivity contribution in [3.63, 3.8) is 0 Å². The Labute approximate surface area is 64.2 Å². The van der Waals surface area contributed by atoms with Gasteiger partial charge in [0, 0.05) is 5.03 Å². The lowest BCUT2D eigenvalue weighted by molar-refractivity contribution is 0.932. The molecule has 9 heavy (non-hydrogen) atoms. The summed E-state index contributed by atoms with van der Waals surface area (Å²) in [7, 11) is 0. The van der Waals surface area contributed by atoms with Crippen LogP contribution in [0.1, 0.15) is 0 Å². The Hall–Kier alpha value is -0.320. The maximum absolute atomic E-state index is 5.39. The number of thiocarbonyl (C=S) groups is 1. The van der Waals surface area contributed by atoms with Gasteiger partial charge in [0.1, 0.15) is 0 Å². The van der Waals surface area contributed by atoms with E-state index < -0.39 is 0 Å². The van der Waals surface area contributed by atoms with Crippen molar-refractivity contribution in [2.45, 2.75) is 0 Å². The van der Waals surface area contributed by atoms with Crippen molar-refractivity contribution in [2.75, 3.05) is 6.54 Å². The van der Waals surface area contributed by atoms with E-state index in [1.807, 2.05) is 0 Å². The van der Waals surface area contributed by atoms with Crippen molar-refractivity contribution in [1.82, 2.24) is 10.7 Å². The lowest BCUT2D eigenvalue weighted by Crippen LogP contribution is -2.39. The van der Waals surface area contributed by atoms with E-state index in [4.69, 9.17) is 17.4 Å². The van der Waals surface area contributed by atoms with Crippen molar-refractivity contribution in [3.05, 3.63) is 11.6 Å². The Morgan fingerprint density at radius 1 is 1.78 bits per heavy atom.